The molecule has 3 rings (SSSR count). The lowest BCUT2D eigenvalue weighted by atomic mass is 9.83. The van der Waals surface area contributed by atoms with Crippen molar-refractivity contribution in [1.82, 2.24) is 5.32 Å². The van der Waals surface area contributed by atoms with E-state index in [-0.39, 0.29) is 17.9 Å². The number of rotatable bonds is 8. The van der Waals surface area contributed by atoms with Crippen LogP contribution in [0.25, 0.3) is 0 Å². The minimum atomic E-state index is -0.684. The van der Waals surface area contributed by atoms with Gasteiger partial charge in [0.15, 0.2) is 0 Å². The summed E-state index contributed by atoms with van der Waals surface area (Å²) in [4.78, 5) is 13.1. The summed E-state index contributed by atoms with van der Waals surface area (Å²) in [5, 5.41) is 16.0. The predicted octanol–water partition coefficient (Wildman–Crippen LogP) is 4.45. The largest absolute Gasteiger partial charge is 0.497 e. The summed E-state index contributed by atoms with van der Waals surface area (Å²) in [5.41, 5.74) is 1.72. The Balaban J connectivity index is 1.66. The molecule has 6 nitrogen and oxygen atoms in total. The Morgan fingerprint density at radius 1 is 1.10 bits per heavy atom. The van der Waals surface area contributed by atoms with E-state index in [0.717, 1.165) is 42.7 Å². The zero-order valence-electron chi connectivity index (χ0n) is 17.6. The van der Waals surface area contributed by atoms with Gasteiger partial charge in [0.25, 0.3) is 0 Å². The fourth-order valence-electron chi connectivity index (χ4n) is 3.88. The van der Waals surface area contributed by atoms with Crippen LogP contribution in [0.15, 0.2) is 48.5 Å². The monoisotopic (exact) mass is 407 g/mol. The SMILES string of the molecule is CCOc1ccc(N[C@H]2CCCC[C@H]2C(=O)NC(C#N)c2ccc(OC)cc2)cc1. The van der Waals surface area contributed by atoms with E-state index < -0.39 is 6.04 Å². The molecular formula is C24H29N3O3. The zero-order valence-corrected chi connectivity index (χ0v) is 17.6. The molecule has 1 saturated carbocycles. The van der Waals surface area contributed by atoms with E-state index >= 15 is 0 Å². The van der Waals surface area contributed by atoms with Gasteiger partial charge in [-0.3, -0.25) is 4.79 Å². The van der Waals surface area contributed by atoms with Crippen LogP contribution < -0.4 is 20.1 Å². The van der Waals surface area contributed by atoms with Gasteiger partial charge in [-0.05, 0) is 61.7 Å². The highest BCUT2D eigenvalue weighted by Crippen LogP contribution is 2.29. The molecule has 158 valence electrons. The van der Waals surface area contributed by atoms with Gasteiger partial charge in [-0.2, -0.15) is 5.26 Å². The van der Waals surface area contributed by atoms with E-state index in [9.17, 15) is 10.1 Å². The molecule has 2 aromatic carbocycles. The van der Waals surface area contributed by atoms with Gasteiger partial charge < -0.3 is 20.1 Å². The van der Waals surface area contributed by atoms with Crippen LogP contribution in [0.4, 0.5) is 5.69 Å². The lowest BCUT2D eigenvalue weighted by molar-refractivity contribution is -0.126. The lowest BCUT2D eigenvalue weighted by Crippen LogP contribution is -2.43. The number of nitriles is 1. The Hall–Kier alpha value is -3.20. The van der Waals surface area contributed by atoms with Gasteiger partial charge in [0, 0.05) is 11.7 Å². The van der Waals surface area contributed by atoms with E-state index in [0.29, 0.717) is 12.4 Å². The van der Waals surface area contributed by atoms with Crippen LogP contribution in [-0.4, -0.2) is 25.7 Å². The van der Waals surface area contributed by atoms with Crippen molar-refractivity contribution >= 4 is 11.6 Å². The van der Waals surface area contributed by atoms with E-state index in [1.807, 2.05) is 43.3 Å². The maximum Gasteiger partial charge on any atom is 0.226 e. The Labute approximate surface area is 178 Å². The third-order valence-corrected chi connectivity index (χ3v) is 5.48. The van der Waals surface area contributed by atoms with Gasteiger partial charge in [-0.15, -0.1) is 0 Å². The number of benzene rings is 2. The van der Waals surface area contributed by atoms with Gasteiger partial charge in [0.2, 0.25) is 5.91 Å². The molecule has 1 aliphatic rings. The fraction of sp³-hybridized carbons (Fsp3) is 0.417. The van der Waals surface area contributed by atoms with Gasteiger partial charge >= 0.3 is 0 Å². The van der Waals surface area contributed by atoms with Crippen LogP contribution in [0.5, 0.6) is 11.5 Å². The third-order valence-electron chi connectivity index (χ3n) is 5.48. The van der Waals surface area contributed by atoms with Crippen LogP contribution in [-0.2, 0) is 4.79 Å². The summed E-state index contributed by atoms with van der Waals surface area (Å²) in [6.07, 6.45) is 3.82. The van der Waals surface area contributed by atoms with Crippen molar-refractivity contribution in [2.24, 2.45) is 5.92 Å². The summed E-state index contributed by atoms with van der Waals surface area (Å²) in [5.74, 6) is 1.28. The molecule has 0 radical (unpaired) electrons. The highest BCUT2D eigenvalue weighted by molar-refractivity contribution is 5.81. The molecule has 30 heavy (non-hydrogen) atoms. The average molecular weight is 408 g/mol. The van der Waals surface area contributed by atoms with Crippen molar-refractivity contribution in [1.29, 1.82) is 5.26 Å². The molecular weight excluding hydrogens is 378 g/mol. The van der Waals surface area contributed by atoms with E-state index in [4.69, 9.17) is 9.47 Å². The number of nitrogens with one attached hydrogen (secondary N) is 2. The minimum absolute atomic E-state index is 0.0342. The summed E-state index contributed by atoms with van der Waals surface area (Å²) < 4.78 is 10.7. The van der Waals surface area contributed by atoms with E-state index in [2.05, 4.69) is 16.7 Å². The molecule has 0 heterocycles. The maximum absolute atomic E-state index is 13.1. The second kappa shape index (κ2) is 10.5. The standard InChI is InChI=1S/C24H29N3O3/c1-3-30-20-14-10-18(11-15-20)26-22-7-5-4-6-21(22)24(28)27-23(16-25)17-8-12-19(29-2)13-9-17/h8-15,21-23,26H,3-7H2,1-2H3,(H,27,28)/t21-,22+,23?/m1/s1. The number of carbonyl (C=O) groups excluding carboxylic acids is 1. The first kappa shape index (κ1) is 21.5. The molecule has 0 bridgehead atoms. The molecule has 0 saturated heterocycles. The summed E-state index contributed by atoms with van der Waals surface area (Å²) in [6, 6.07) is 16.6. The first-order chi connectivity index (χ1) is 14.6. The molecule has 0 aromatic heterocycles. The first-order valence-electron chi connectivity index (χ1n) is 10.5. The Morgan fingerprint density at radius 3 is 2.40 bits per heavy atom. The number of nitrogens with zero attached hydrogens (tertiary/aromatic N) is 1. The molecule has 2 N–H and O–H groups in total. The van der Waals surface area contributed by atoms with E-state index in [1.54, 1.807) is 19.2 Å². The van der Waals surface area contributed by atoms with Crippen molar-refractivity contribution < 1.29 is 14.3 Å². The molecule has 2 aromatic rings. The van der Waals surface area contributed by atoms with E-state index in [1.165, 1.54) is 0 Å². The number of methoxy groups -OCH3 is 1. The van der Waals surface area contributed by atoms with Gasteiger partial charge in [-0.1, -0.05) is 25.0 Å². The molecule has 0 aliphatic heterocycles. The molecule has 1 aliphatic carbocycles. The minimum Gasteiger partial charge on any atom is -0.497 e. The second-order valence-corrected chi connectivity index (χ2v) is 7.44. The van der Waals surface area contributed by atoms with Gasteiger partial charge in [-0.25, -0.2) is 0 Å². The smallest absolute Gasteiger partial charge is 0.226 e. The summed E-state index contributed by atoms with van der Waals surface area (Å²) in [7, 11) is 1.60. The van der Waals surface area contributed by atoms with Crippen LogP contribution in [0.1, 0.15) is 44.2 Å². The zero-order chi connectivity index (χ0) is 21.3. The highest BCUT2D eigenvalue weighted by atomic mass is 16.5. The molecule has 0 spiro atoms. The average Bonchev–Trinajstić information content (AvgIpc) is 2.79. The van der Waals surface area contributed by atoms with Crippen LogP contribution in [0.3, 0.4) is 0 Å². The Morgan fingerprint density at radius 2 is 1.77 bits per heavy atom. The normalized spacial score (nSPS) is 19.2. The second-order valence-electron chi connectivity index (χ2n) is 7.44. The van der Waals surface area contributed by atoms with Crippen molar-refractivity contribution in [2.45, 2.75) is 44.7 Å². The Kier molecular flexibility index (Phi) is 7.56. The molecule has 1 unspecified atom stereocenters. The van der Waals surface area contributed by atoms with Crippen molar-refractivity contribution in [3.05, 3.63) is 54.1 Å². The summed E-state index contributed by atoms with van der Waals surface area (Å²) in [6.45, 7) is 2.59. The molecule has 1 amide bonds. The molecule has 3 atom stereocenters. The number of hydrogen-bond acceptors (Lipinski definition) is 5. The van der Waals surface area contributed by atoms with Gasteiger partial charge in [0.1, 0.15) is 17.5 Å². The topological polar surface area (TPSA) is 83.4 Å². The third kappa shape index (κ3) is 5.44. The quantitative estimate of drug-likeness (QED) is 0.676. The molecule has 1 fully saturated rings. The van der Waals surface area contributed by atoms with Crippen molar-refractivity contribution in [3.8, 4) is 17.6 Å². The number of anilines is 1. The van der Waals surface area contributed by atoms with Crippen LogP contribution in [0.2, 0.25) is 0 Å². The fourth-order valence-corrected chi connectivity index (χ4v) is 3.88. The number of amides is 1. The lowest BCUT2D eigenvalue weighted by Gasteiger charge is -2.32. The van der Waals surface area contributed by atoms with Crippen LogP contribution in [0, 0.1) is 17.2 Å². The number of ether oxygens (including phenoxy) is 2. The maximum atomic E-state index is 13.1. The van der Waals surface area contributed by atoms with Gasteiger partial charge in [0.05, 0.1) is 25.7 Å². The number of carbonyl (C=O) groups is 1. The summed E-state index contributed by atoms with van der Waals surface area (Å²) >= 11 is 0. The number of hydrogen-bond donors (Lipinski definition) is 2. The van der Waals surface area contributed by atoms with Crippen molar-refractivity contribution in [2.75, 3.05) is 19.0 Å². The Bertz CT molecular complexity index is 859. The van der Waals surface area contributed by atoms with Crippen LogP contribution >= 0.6 is 0 Å². The first-order valence-corrected chi connectivity index (χ1v) is 10.5. The highest BCUT2D eigenvalue weighted by Gasteiger charge is 2.32. The van der Waals surface area contributed by atoms with Crippen molar-refractivity contribution in [3.63, 3.8) is 0 Å². The molecule has 6 heteroatoms. The predicted molar refractivity (Wildman–Crippen MR) is 116 cm³/mol.